The zero-order valence-electron chi connectivity index (χ0n) is 17.6. The maximum absolute atomic E-state index is 13.7. The Morgan fingerprint density at radius 3 is 2.41 bits per heavy atom. The number of carbonyl (C=O) groups excluding carboxylic acids is 2. The average Bonchev–Trinajstić information content (AvgIpc) is 3.56. The Morgan fingerprint density at radius 1 is 1.06 bits per heavy atom. The van der Waals surface area contributed by atoms with Gasteiger partial charge in [0.25, 0.3) is 5.91 Å². The van der Waals surface area contributed by atoms with E-state index in [1.165, 1.54) is 17.4 Å². The second kappa shape index (κ2) is 7.67. The second-order valence-corrected chi connectivity index (χ2v) is 9.05. The van der Waals surface area contributed by atoms with Gasteiger partial charge in [-0.25, -0.2) is 4.52 Å². The van der Waals surface area contributed by atoms with Crippen molar-refractivity contribution in [2.24, 2.45) is 0 Å². The number of rotatable bonds is 3. The molecule has 172 valence electrons. The summed E-state index contributed by atoms with van der Waals surface area (Å²) in [6, 6.07) is 2.70. The van der Waals surface area contributed by atoms with Gasteiger partial charge in [-0.2, -0.15) is 18.3 Å². The van der Waals surface area contributed by atoms with Crippen LogP contribution in [-0.4, -0.2) is 62.0 Å². The summed E-state index contributed by atoms with van der Waals surface area (Å²) in [6.07, 6.45) is 2.13. The van der Waals surface area contributed by atoms with Gasteiger partial charge in [0.05, 0.1) is 0 Å². The Kier molecular flexibility index (Phi) is 5.05. The van der Waals surface area contributed by atoms with Crippen molar-refractivity contribution in [3.63, 3.8) is 0 Å². The molecule has 7 nitrogen and oxygen atoms in total. The molecule has 0 atom stereocenters. The fourth-order valence-electron chi connectivity index (χ4n) is 4.94. The lowest BCUT2D eigenvalue weighted by molar-refractivity contribution is -0.142. The molecule has 3 aliphatic rings. The third kappa shape index (κ3) is 3.69. The summed E-state index contributed by atoms with van der Waals surface area (Å²) < 4.78 is 41.6. The molecule has 0 spiro atoms. The van der Waals surface area contributed by atoms with Gasteiger partial charge in [-0.3, -0.25) is 9.59 Å². The number of hydrogen-bond donors (Lipinski definition) is 1. The smallest absolute Gasteiger partial charge is 0.433 e. The van der Waals surface area contributed by atoms with Gasteiger partial charge in [0.2, 0.25) is 5.91 Å². The summed E-state index contributed by atoms with van der Waals surface area (Å²) in [5.74, 6) is -1.46. The highest BCUT2D eigenvalue weighted by molar-refractivity contribution is 5.99. The predicted octanol–water partition coefficient (Wildman–Crippen LogP) is 3.55. The summed E-state index contributed by atoms with van der Waals surface area (Å²) in [7, 11) is 0. The van der Waals surface area contributed by atoms with Crippen molar-refractivity contribution in [3.05, 3.63) is 29.1 Å². The third-order valence-electron chi connectivity index (χ3n) is 6.83. The molecular weight excluding hydrogens is 425 g/mol. The Bertz CT molecular complexity index is 1070. The van der Waals surface area contributed by atoms with E-state index in [2.05, 4.69) is 5.10 Å². The summed E-state index contributed by atoms with van der Waals surface area (Å²) in [5, 5.41) is 14.5. The highest BCUT2D eigenvalue weighted by Gasteiger charge is 2.39. The van der Waals surface area contributed by atoms with E-state index >= 15 is 0 Å². The molecule has 0 radical (unpaired) electrons. The Labute approximate surface area is 182 Å². The van der Waals surface area contributed by atoms with E-state index in [9.17, 15) is 27.9 Å². The molecule has 0 aromatic carbocycles. The van der Waals surface area contributed by atoms with E-state index in [4.69, 9.17) is 0 Å². The van der Waals surface area contributed by atoms with Crippen molar-refractivity contribution in [3.8, 4) is 5.75 Å². The van der Waals surface area contributed by atoms with Crippen LogP contribution in [0.4, 0.5) is 13.2 Å². The monoisotopic (exact) mass is 450 g/mol. The molecule has 1 aliphatic heterocycles. The number of aromatic hydroxyl groups is 1. The Hall–Kier alpha value is -2.78. The summed E-state index contributed by atoms with van der Waals surface area (Å²) in [4.78, 5) is 28.8. The zero-order chi connectivity index (χ0) is 22.6. The minimum Gasteiger partial charge on any atom is -0.504 e. The minimum absolute atomic E-state index is 0.0278. The minimum atomic E-state index is -4.69. The van der Waals surface area contributed by atoms with Crippen LogP contribution in [-0.2, 0) is 11.0 Å². The van der Waals surface area contributed by atoms with Crippen LogP contribution in [0.1, 0.15) is 72.6 Å². The highest BCUT2D eigenvalue weighted by Crippen LogP contribution is 2.44. The molecule has 3 fully saturated rings. The van der Waals surface area contributed by atoms with Crippen LogP contribution in [0.3, 0.4) is 0 Å². The van der Waals surface area contributed by atoms with E-state index in [1.807, 2.05) is 4.90 Å². The first-order valence-electron chi connectivity index (χ1n) is 11.2. The van der Waals surface area contributed by atoms with Gasteiger partial charge in [-0.1, -0.05) is 19.3 Å². The lowest BCUT2D eigenvalue weighted by Gasteiger charge is -2.40. The average molecular weight is 450 g/mol. The molecule has 5 rings (SSSR count). The maximum Gasteiger partial charge on any atom is 0.433 e. The van der Waals surface area contributed by atoms with E-state index in [0.717, 1.165) is 44.6 Å². The number of amides is 2. The van der Waals surface area contributed by atoms with Crippen LogP contribution in [0, 0.1) is 0 Å². The maximum atomic E-state index is 13.7. The summed E-state index contributed by atoms with van der Waals surface area (Å²) >= 11 is 0. The van der Waals surface area contributed by atoms with Crippen molar-refractivity contribution in [2.75, 3.05) is 19.6 Å². The largest absolute Gasteiger partial charge is 0.504 e. The molecule has 0 bridgehead atoms. The number of piperazine rings is 1. The van der Waals surface area contributed by atoms with Gasteiger partial charge in [-0.15, -0.1) is 0 Å². The lowest BCUT2D eigenvalue weighted by atomic mass is 9.93. The fraction of sp³-hybridized carbons (Fsp3) is 0.591. The number of fused-ring (bicyclic) bond motifs is 1. The molecule has 1 N–H and O–H groups in total. The van der Waals surface area contributed by atoms with Gasteiger partial charge in [0.15, 0.2) is 11.4 Å². The Balaban J connectivity index is 1.43. The molecule has 2 amide bonds. The molecule has 2 aromatic heterocycles. The van der Waals surface area contributed by atoms with Crippen molar-refractivity contribution in [2.45, 2.75) is 63.1 Å². The first-order valence-corrected chi connectivity index (χ1v) is 11.2. The van der Waals surface area contributed by atoms with Crippen LogP contribution in [0.5, 0.6) is 5.75 Å². The number of halogens is 3. The number of aromatic nitrogens is 2. The van der Waals surface area contributed by atoms with Crippen LogP contribution in [0.25, 0.3) is 5.52 Å². The first kappa shape index (κ1) is 21.1. The van der Waals surface area contributed by atoms with E-state index in [-0.39, 0.29) is 36.5 Å². The number of carbonyl (C=O) groups is 2. The van der Waals surface area contributed by atoms with E-state index in [0.29, 0.717) is 16.6 Å². The quantitative estimate of drug-likeness (QED) is 0.776. The molecular formula is C22H25F3N4O3. The van der Waals surface area contributed by atoms with Crippen LogP contribution in [0.15, 0.2) is 12.1 Å². The van der Waals surface area contributed by atoms with Crippen LogP contribution in [0.2, 0.25) is 0 Å². The molecule has 2 saturated carbocycles. The van der Waals surface area contributed by atoms with Gasteiger partial charge in [-0.05, 0) is 49.3 Å². The molecule has 0 unspecified atom stereocenters. The van der Waals surface area contributed by atoms with Gasteiger partial charge < -0.3 is 14.9 Å². The first-order chi connectivity index (χ1) is 15.2. The molecule has 32 heavy (non-hydrogen) atoms. The SMILES string of the molecule is O=C(c1nn2c(C(F)(F)F)cc(C3CC3)cc2c1O)N1CCN(C2CCCCC2)C(=O)C1. The summed E-state index contributed by atoms with van der Waals surface area (Å²) in [6.45, 7) is 0.471. The molecule has 2 aromatic rings. The fourth-order valence-corrected chi connectivity index (χ4v) is 4.94. The number of pyridine rings is 1. The molecule has 2 aliphatic carbocycles. The zero-order valence-corrected chi connectivity index (χ0v) is 17.6. The number of hydrogen-bond acceptors (Lipinski definition) is 4. The Morgan fingerprint density at radius 2 is 1.78 bits per heavy atom. The third-order valence-corrected chi connectivity index (χ3v) is 6.83. The van der Waals surface area contributed by atoms with Crippen LogP contribution < -0.4 is 0 Å². The van der Waals surface area contributed by atoms with Crippen molar-refractivity contribution in [1.29, 1.82) is 0 Å². The number of alkyl halides is 3. The van der Waals surface area contributed by atoms with Crippen molar-refractivity contribution >= 4 is 17.3 Å². The van der Waals surface area contributed by atoms with Gasteiger partial charge in [0, 0.05) is 19.1 Å². The van der Waals surface area contributed by atoms with Gasteiger partial charge in [0.1, 0.15) is 17.8 Å². The standard InChI is InChI=1S/C22H25F3N4O3/c23-22(24,25)17-11-14(13-6-7-13)10-16-20(31)19(26-29(16)17)21(32)27-8-9-28(18(30)12-27)15-4-2-1-3-5-15/h10-11,13,15,31H,1-9,12H2. The van der Waals surface area contributed by atoms with E-state index < -0.39 is 29.2 Å². The second-order valence-electron chi connectivity index (χ2n) is 9.05. The molecule has 10 heteroatoms. The predicted molar refractivity (Wildman–Crippen MR) is 108 cm³/mol. The summed E-state index contributed by atoms with van der Waals surface area (Å²) in [5.41, 5.74) is -1.14. The van der Waals surface area contributed by atoms with Crippen molar-refractivity contribution in [1.82, 2.24) is 19.4 Å². The molecule has 1 saturated heterocycles. The van der Waals surface area contributed by atoms with Gasteiger partial charge >= 0.3 is 6.18 Å². The van der Waals surface area contributed by atoms with Crippen LogP contribution >= 0.6 is 0 Å². The van der Waals surface area contributed by atoms with Crippen molar-refractivity contribution < 1.29 is 27.9 Å². The topological polar surface area (TPSA) is 78.2 Å². The highest BCUT2D eigenvalue weighted by atomic mass is 19.4. The van der Waals surface area contributed by atoms with E-state index in [1.54, 1.807) is 0 Å². The lowest BCUT2D eigenvalue weighted by Crippen LogP contribution is -2.55. The molecule has 3 heterocycles. The number of nitrogens with zero attached hydrogens (tertiary/aromatic N) is 4. The normalized spacial score (nSPS) is 20.9.